The van der Waals surface area contributed by atoms with Gasteiger partial charge in [0.25, 0.3) is 0 Å². The topological polar surface area (TPSA) is 55.8 Å². The van der Waals surface area contributed by atoms with Crippen LogP contribution in [0.15, 0.2) is 78.9 Å². The Bertz CT molecular complexity index is 890. The van der Waals surface area contributed by atoms with E-state index in [1.807, 2.05) is 12.1 Å². The predicted octanol–water partition coefficient (Wildman–Crippen LogP) is 6.25. The zero-order valence-electron chi connectivity index (χ0n) is 15.2. The minimum atomic E-state index is -4.24. The van der Waals surface area contributed by atoms with Crippen molar-refractivity contribution in [1.82, 2.24) is 0 Å². The number of phosphoric acid groups is 1. The fourth-order valence-corrected chi connectivity index (χ4v) is 3.53. The molecule has 3 rings (SSSR count). The SMILES string of the molecule is CCCCc1ccc(-c2ccc(OP(=O)(O)Oc3ccccc3)cc2)cc1. The van der Waals surface area contributed by atoms with Crippen molar-refractivity contribution in [2.24, 2.45) is 0 Å². The van der Waals surface area contributed by atoms with E-state index in [0.29, 0.717) is 0 Å². The Morgan fingerprint density at radius 1 is 0.778 bits per heavy atom. The minimum Gasteiger partial charge on any atom is -0.395 e. The van der Waals surface area contributed by atoms with Crippen LogP contribution < -0.4 is 9.05 Å². The maximum atomic E-state index is 12.1. The highest BCUT2D eigenvalue weighted by molar-refractivity contribution is 7.48. The maximum Gasteiger partial charge on any atom is 0.584 e. The molecule has 0 heterocycles. The molecule has 0 aromatic heterocycles. The summed E-state index contributed by atoms with van der Waals surface area (Å²) in [7, 11) is -4.24. The van der Waals surface area contributed by atoms with Gasteiger partial charge in [0.2, 0.25) is 0 Å². The van der Waals surface area contributed by atoms with Crippen molar-refractivity contribution in [3.8, 4) is 22.6 Å². The highest BCUT2D eigenvalue weighted by atomic mass is 31.2. The van der Waals surface area contributed by atoms with Crippen LogP contribution in [0.3, 0.4) is 0 Å². The molecule has 1 N–H and O–H groups in total. The number of para-hydroxylation sites is 1. The Kier molecular flexibility index (Phi) is 6.33. The fourth-order valence-electron chi connectivity index (χ4n) is 2.72. The average molecular weight is 382 g/mol. The van der Waals surface area contributed by atoms with Crippen molar-refractivity contribution >= 4 is 7.82 Å². The molecule has 4 nitrogen and oxygen atoms in total. The summed E-state index contributed by atoms with van der Waals surface area (Å²) in [5.74, 6) is 0.559. The number of benzene rings is 3. The molecule has 0 aliphatic heterocycles. The normalized spacial score (nSPS) is 13.0. The maximum absolute atomic E-state index is 12.1. The second-order valence-corrected chi connectivity index (χ2v) is 7.59. The molecule has 140 valence electrons. The summed E-state index contributed by atoms with van der Waals surface area (Å²) in [6, 6.07) is 24.0. The van der Waals surface area contributed by atoms with Crippen LogP contribution in [-0.4, -0.2) is 4.89 Å². The van der Waals surface area contributed by atoms with Crippen molar-refractivity contribution < 1.29 is 18.5 Å². The van der Waals surface area contributed by atoms with E-state index in [1.54, 1.807) is 42.5 Å². The van der Waals surface area contributed by atoms with E-state index in [0.717, 1.165) is 17.5 Å². The lowest BCUT2D eigenvalue weighted by Gasteiger charge is -2.14. The van der Waals surface area contributed by atoms with Crippen LogP contribution in [-0.2, 0) is 11.0 Å². The molecule has 0 amide bonds. The largest absolute Gasteiger partial charge is 0.584 e. The molecule has 0 bridgehead atoms. The van der Waals surface area contributed by atoms with Crippen LogP contribution in [0.1, 0.15) is 25.3 Å². The monoisotopic (exact) mass is 382 g/mol. The van der Waals surface area contributed by atoms with Crippen LogP contribution in [0.5, 0.6) is 11.5 Å². The van der Waals surface area contributed by atoms with E-state index in [9.17, 15) is 9.46 Å². The zero-order valence-corrected chi connectivity index (χ0v) is 16.1. The van der Waals surface area contributed by atoms with Gasteiger partial charge < -0.3 is 9.05 Å². The molecule has 1 unspecified atom stereocenters. The van der Waals surface area contributed by atoms with Crippen LogP contribution in [0.4, 0.5) is 0 Å². The van der Waals surface area contributed by atoms with Gasteiger partial charge in [-0.1, -0.05) is 67.9 Å². The van der Waals surface area contributed by atoms with Crippen molar-refractivity contribution in [2.75, 3.05) is 0 Å². The van der Waals surface area contributed by atoms with Gasteiger partial charge in [0, 0.05) is 0 Å². The first-order chi connectivity index (χ1) is 13.1. The summed E-state index contributed by atoms with van der Waals surface area (Å²) < 4.78 is 22.3. The zero-order chi connectivity index (χ0) is 19.1. The molecule has 0 radical (unpaired) electrons. The molecule has 0 saturated carbocycles. The summed E-state index contributed by atoms with van der Waals surface area (Å²) >= 11 is 0. The molecule has 3 aromatic carbocycles. The molecule has 0 aliphatic carbocycles. The molecule has 3 aromatic rings. The number of unbranched alkanes of at least 4 members (excludes halogenated alkanes) is 1. The molecule has 0 saturated heterocycles. The lowest BCUT2D eigenvalue weighted by molar-refractivity contribution is 0.291. The van der Waals surface area contributed by atoms with Crippen LogP contribution in [0.2, 0.25) is 0 Å². The molecular formula is C22H23O4P. The highest BCUT2D eigenvalue weighted by Crippen LogP contribution is 2.44. The van der Waals surface area contributed by atoms with Crippen LogP contribution >= 0.6 is 7.82 Å². The second-order valence-electron chi connectivity index (χ2n) is 6.29. The van der Waals surface area contributed by atoms with Gasteiger partial charge in [0.15, 0.2) is 0 Å². The van der Waals surface area contributed by atoms with Gasteiger partial charge in [0.1, 0.15) is 11.5 Å². The summed E-state index contributed by atoms with van der Waals surface area (Å²) in [5.41, 5.74) is 3.44. The van der Waals surface area contributed by atoms with Gasteiger partial charge >= 0.3 is 7.82 Å². The number of phosphoric ester groups is 1. The summed E-state index contributed by atoms with van der Waals surface area (Å²) in [6.07, 6.45) is 3.47. The van der Waals surface area contributed by atoms with Gasteiger partial charge in [-0.3, -0.25) is 4.89 Å². The van der Waals surface area contributed by atoms with Crippen LogP contribution in [0, 0.1) is 0 Å². The Morgan fingerprint density at radius 2 is 1.30 bits per heavy atom. The van der Waals surface area contributed by atoms with Crippen molar-refractivity contribution in [2.45, 2.75) is 26.2 Å². The van der Waals surface area contributed by atoms with E-state index in [1.165, 1.54) is 18.4 Å². The van der Waals surface area contributed by atoms with Gasteiger partial charge in [-0.15, -0.1) is 0 Å². The Morgan fingerprint density at radius 3 is 1.85 bits per heavy atom. The van der Waals surface area contributed by atoms with Gasteiger partial charge in [-0.2, -0.15) is 0 Å². The summed E-state index contributed by atoms with van der Waals surface area (Å²) in [4.78, 5) is 9.92. The van der Waals surface area contributed by atoms with Gasteiger partial charge in [0.05, 0.1) is 0 Å². The van der Waals surface area contributed by atoms with E-state index in [2.05, 4.69) is 31.2 Å². The third kappa shape index (κ3) is 5.72. The van der Waals surface area contributed by atoms with E-state index in [-0.39, 0.29) is 11.5 Å². The molecule has 27 heavy (non-hydrogen) atoms. The molecule has 1 atom stereocenters. The Labute approximate surface area is 160 Å². The average Bonchev–Trinajstić information content (AvgIpc) is 2.67. The number of rotatable bonds is 8. The summed E-state index contributed by atoms with van der Waals surface area (Å²) in [5, 5.41) is 0. The highest BCUT2D eigenvalue weighted by Gasteiger charge is 2.24. The van der Waals surface area contributed by atoms with E-state index in [4.69, 9.17) is 9.05 Å². The lowest BCUT2D eigenvalue weighted by Crippen LogP contribution is -1.99. The third-order valence-electron chi connectivity index (χ3n) is 4.15. The Balaban J connectivity index is 1.65. The molecule has 0 spiro atoms. The molecule has 5 heteroatoms. The fraction of sp³-hybridized carbons (Fsp3) is 0.182. The van der Waals surface area contributed by atoms with Crippen molar-refractivity contribution in [3.05, 3.63) is 84.4 Å². The number of hydrogen-bond acceptors (Lipinski definition) is 3. The van der Waals surface area contributed by atoms with Gasteiger partial charge in [-0.05, 0) is 53.8 Å². The molecule has 0 fully saturated rings. The van der Waals surface area contributed by atoms with Crippen molar-refractivity contribution in [1.29, 1.82) is 0 Å². The standard InChI is InChI=1S/C22H23O4P/c1-2-3-7-18-10-12-19(13-11-18)20-14-16-22(17-15-20)26-27(23,24)25-21-8-5-4-6-9-21/h4-6,8-17H,2-3,7H2,1H3,(H,23,24). The van der Waals surface area contributed by atoms with Gasteiger partial charge in [-0.25, -0.2) is 4.57 Å². The Hall–Kier alpha value is -2.55. The van der Waals surface area contributed by atoms with E-state index < -0.39 is 7.82 Å². The second kappa shape index (κ2) is 8.90. The molecular weight excluding hydrogens is 359 g/mol. The smallest absolute Gasteiger partial charge is 0.395 e. The van der Waals surface area contributed by atoms with Crippen LogP contribution in [0.25, 0.3) is 11.1 Å². The molecule has 0 aliphatic rings. The third-order valence-corrected chi connectivity index (χ3v) is 5.03. The predicted molar refractivity (Wildman–Crippen MR) is 108 cm³/mol. The van der Waals surface area contributed by atoms with Crippen molar-refractivity contribution in [3.63, 3.8) is 0 Å². The first-order valence-electron chi connectivity index (χ1n) is 9.02. The van der Waals surface area contributed by atoms with E-state index >= 15 is 0 Å². The lowest BCUT2D eigenvalue weighted by atomic mass is 10.0. The quantitative estimate of drug-likeness (QED) is 0.468. The number of aryl methyl sites for hydroxylation is 1. The first kappa shape index (κ1) is 19.2. The summed E-state index contributed by atoms with van der Waals surface area (Å²) in [6.45, 7) is 2.19. The first-order valence-corrected chi connectivity index (χ1v) is 10.5. The number of hydrogen-bond donors (Lipinski definition) is 1. The minimum absolute atomic E-state index is 0.278.